The molecule has 5 heteroatoms. The number of hydrogen-bond donors (Lipinski definition) is 1. The van der Waals surface area contributed by atoms with E-state index in [0.29, 0.717) is 17.9 Å². The molecule has 1 heterocycles. The van der Waals surface area contributed by atoms with E-state index >= 15 is 0 Å². The van der Waals surface area contributed by atoms with Gasteiger partial charge in [-0.2, -0.15) is 5.10 Å². The van der Waals surface area contributed by atoms with E-state index in [0.717, 1.165) is 0 Å². The van der Waals surface area contributed by atoms with Crippen LogP contribution in [0.1, 0.15) is 24.4 Å². The van der Waals surface area contributed by atoms with Gasteiger partial charge in [0.15, 0.2) is 5.82 Å². The van der Waals surface area contributed by atoms with E-state index in [4.69, 9.17) is 0 Å². The van der Waals surface area contributed by atoms with Gasteiger partial charge in [-0.15, -0.1) is 0 Å². The number of nitrogens with zero attached hydrogens (tertiary/aromatic N) is 3. The molecule has 0 amide bonds. The lowest BCUT2D eigenvalue weighted by molar-refractivity contribution is 0.519. The van der Waals surface area contributed by atoms with Crippen molar-refractivity contribution in [1.29, 1.82) is 0 Å². The molecule has 1 aromatic carbocycles. The topological polar surface area (TPSA) is 42.7 Å². The molecular weight excluding hydrogens is 219 g/mol. The fraction of sp³-hybridized carbons (Fsp3) is 0.333. The van der Waals surface area contributed by atoms with Crippen molar-refractivity contribution in [2.45, 2.75) is 19.5 Å². The van der Waals surface area contributed by atoms with Crippen molar-refractivity contribution < 1.29 is 4.39 Å². The van der Waals surface area contributed by atoms with Crippen LogP contribution in [0.4, 0.5) is 4.39 Å². The number of aryl methyl sites for hydroxylation is 1. The van der Waals surface area contributed by atoms with E-state index in [2.05, 4.69) is 15.4 Å². The Bertz CT molecular complexity index is 495. The Hall–Kier alpha value is -1.75. The van der Waals surface area contributed by atoms with Gasteiger partial charge in [-0.3, -0.25) is 4.68 Å². The molecule has 2 rings (SSSR count). The number of halogens is 1. The SMILES string of the molecule is CC(NCc1ncn(C)n1)c1ccccc1F. The van der Waals surface area contributed by atoms with Gasteiger partial charge in [-0.25, -0.2) is 9.37 Å². The first-order chi connectivity index (χ1) is 8.16. The average Bonchev–Trinajstić information content (AvgIpc) is 2.73. The van der Waals surface area contributed by atoms with Gasteiger partial charge >= 0.3 is 0 Å². The minimum Gasteiger partial charge on any atom is -0.303 e. The van der Waals surface area contributed by atoms with Crippen LogP contribution in [-0.4, -0.2) is 14.8 Å². The first kappa shape index (κ1) is 11.7. The van der Waals surface area contributed by atoms with Gasteiger partial charge in [0, 0.05) is 18.7 Å². The number of aromatic nitrogens is 3. The molecule has 90 valence electrons. The van der Waals surface area contributed by atoms with E-state index in [1.54, 1.807) is 23.1 Å². The molecule has 1 N–H and O–H groups in total. The largest absolute Gasteiger partial charge is 0.303 e. The molecule has 1 aromatic heterocycles. The second-order valence-corrected chi connectivity index (χ2v) is 3.96. The molecule has 0 aliphatic carbocycles. The summed E-state index contributed by atoms with van der Waals surface area (Å²) in [5, 5.41) is 7.34. The van der Waals surface area contributed by atoms with Crippen molar-refractivity contribution in [3.8, 4) is 0 Å². The lowest BCUT2D eigenvalue weighted by Crippen LogP contribution is -2.20. The summed E-state index contributed by atoms with van der Waals surface area (Å²) in [5.41, 5.74) is 0.656. The van der Waals surface area contributed by atoms with Gasteiger partial charge in [-0.1, -0.05) is 18.2 Å². The van der Waals surface area contributed by atoms with E-state index in [1.165, 1.54) is 6.07 Å². The Balaban J connectivity index is 1.98. The van der Waals surface area contributed by atoms with Crippen LogP contribution in [0.2, 0.25) is 0 Å². The van der Waals surface area contributed by atoms with Crippen molar-refractivity contribution >= 4 is 0 Å². The quantitative estimate of drug-likeness (QED) is 0.877. The molecule has 17 heavy (non-hydrogen) atoms. The van der Waals surface area contributed by atoms with Gasteiger partial charge in [0.25, 0.3) is 0 Å². The lowest BCUT2D eigenvalue weighted by atomic mass is 10.1. The van der Waals surface area contributed by atoms with Crippen molar-refractivity contribution in [2.24, 2.45) is 7.05 Å². The van der Waals surface area contributed by atoms with E-state index < -0.39 is 0 Å². The normalized spacial score (nSPS) is 12.6. The third-order valence-electron chi connectivity index (χ3n) is 2.59. The van der Waals surface area contributed by atoms with Crippen molar-refractivity contribution in [3.63, 3.8) is 0 Å². The molecule has 0 aliphatic rings. The molecule has 0 spiro atoms. The van der Waals surface area contributed by atoms with Crippen LogP contribution < -0.4 is 5.32 Å². The minimum atomic E-state index is -0.193. The predicted octanol–water partition coefficient (Wildman–Crippen LogP) is 1.81. The summed E-state index contributed by atoms with van der Waals surface area (Å²) >= 11 is 0. The third-order valence-corrected chi connectivity index (χ3v) is 2.59. The Morgan fingerprint density at radius 3 is 2.82 bits per heavy atom. The number of rotatable bonds is 4. The van der Waals surface area contributed by atoms with Crippen LogP contribution in [0.3, 0.4) is 0 Å². The number of benzene rings is 1. The fourth-order valence-electron chi connectivity index (χ4n) is 1.65. The van der Waals surface area contributed by atoms with Crippen molar-refractivity contribution in [2.75, 3.05) is 0 Å². The van der Waals surface area contributed by atoms with Crippen molar-refractivity contribution in [3.05, 3.63) is 47.8 Å². The second kappa shape index (κ2) is 5.05. The van der Waals surface area contributed by atoms with Crippen LogP contribution in [0.5, 0.6) is 0 Å². The van der Waals surface area contributed by atoms with Crippen LogP contribution >= 0.6 is 0 Å². The molecule has 1 unspecified atom stereocenters. The maximum atomic E-state index is 13.5. The molecule has 0 radical (unpaired) electrons. The van der Waals surface area contributed by atoms with Crippen molar-refractivity contribution in [1.82, 2.24) is 20.1 Å². The zero-order chi connectivity index (χ0) is 12.3. The molecular formula is C12H15FN4. The fourth-order valence-corrected chi connectivity index (χ4v) is 1.65. The standard InChI is InChI=1S/C12H15FN4/c1-9(10-5-3-4-6-11(10)13)14-7-12-15-8-17(2)16-12/h3-6,8-9,14H,7H2,1-2H3. The Morgan fingerprint density at radius 1 is 1.41 bits per heavy atom. The Morgan fingerprint density at radius 2 is 2.18 bits per heavy atom. The zero-order valence-corrected chi connectivity index (χ0v) is 9.89. The molecule has 2 aromatic rings. The maximum Gasteiger partial charge on any atom is 0.164 e. The summed E-state index contributed by atoms with van der Waals surface area (Å²) in [7, 11) is 1.82. The maximum absolute atomic E-state index is 13.5. The van der Waals surface area contributed by atoms with E-state index in [9.17, 15) is 4.39 Å². The third kappa shape index (κ3) is 2.88. The van der Waals surface area contributed by atoms with Gasteiger partial charge in [0.1, 0.15) is 12.1 Å². The molecule has 0 fully saturated rings. The van der Waals surface area contributed by atoms with Crippen LogP contribution in [0, 0.1) is 5.82 Å². The molecule has 0 saturated carbocycles. The predicted molar refractivity (Wildman–Crippen MR) is 62.7 cm³/mol. The van der Waals surface area contributed by atoms with Gasteiger partial charge < -0.3 is 5.32 Å². The zero-order valence-electron chi connectivity index (χ0n) is 9.89. The molecule has 0 aliphatic heterocycles. The highest BCUT2D eigenvalue weighted by Crippen LogP contribution is 2.16. The first-order valence-electron chi connectivity index (χ1n) is 5.49. The van der Waals surface area contributed by atoms with E-state index in [1.807, 2.05) is 20.0 Å². The summed E-state index contributed by atoms with van der Waals surface area (Å²) in [6, 6.07) is 6.69. The Kier molecular flexibility index (Phi) is 3.49. The van der Waals surface area contributed by atoms with E-state index in [-0.39, 0.29) is 11.9 Å². The number of nitrogens with one attached hydrogen (secondary N) is 1. The molecule has 0 saturated heterocycles. The van der Waals surface area contributed by atoms with Crippen LogP contribution in [0.15, 0.2) is 30.6 Å². The monoisotopic (exact) mass is 234 g/mol. The molecule has 4 nitrogen and oxygen atoms in total. The summed E-state index contributed by atoms with van der Waals surface area (Å²) in [4.78, 5) is 4.10. The highest BCUT2D eigenvalue weighted by atomic mass is 19.1. The summed E-state index contributed by atoms with van der Waals surface area (Å²) in [5.74, 6) is 0.511. The summed E-state index contributed by atoms with van der Waals surface area (Å²) in [6.45, 7) is 2.44. The van der Waals surface area contributed by atoms with Gasteiger partial charge in [-0.05, 0) is 13.0 Å². The highest BCUT2D eigenvalue weighted by Gasteiger charge is 2.10. The van der Waals surface area contributed by atoms with Crippen LogP contribution in [0.25, 0.3) is 0 Å². The van der Waals surface area contributed by atoms with Gasteiger partial charge in [0.05, 0.1) is 6.54 Å². The summed E-state index contributed by atoms with van der Waals surface area (Å²) in [6.07, 6.45) is 1.64. The van der Waals surface area contributed by atoms with Gasteiger partial charge in [0.2, 0.25) is 0 Å². The highest BCUT2D eigenvalue weighted by molar-refractivity contribution is 5.20. The minimum absolute atomic E-state index is 0.0694. The van der Waals surface area contributed by atoms with Crippen LogP contribution in [-0.2, 0) is 13.6 Å². The molecule has 1 atom stereocenters. The summed E-state index contributed by atoms with van der Waals surface area (Å²) < 4.78 is 15.1. The first-order valence-corrected chi connectivity index (χ1v) is 5.49. The smallest absolute Gasteiger partial charge is 0.164 e. The lowest BCUT2D eigenvalue weighted by Gasteiger charge is -2.13. The molecule has 0 bridgehead atoms. The number of hydrogen-bond acceptors (Lipinski definition) is 3. The Labute approximate surface area is 99.5 Å². The second-order valence-electron chi connectivity index (χ2n) is 3.96. The average molecular weight is 234 g/mol.